The number of hydrogen-bond acceptors (Lipinski definition) is 4. The predicted molar refractivity (Wildman–Crippen MR) is 107 cm³/mol. The first kappa shape index (κ1) is 19.5. The molecule has 0 spiro atoms. The summed E-state index contributed by atoms with van der Waals surface area (Å²) in [6, 6.07) is 16.7. The van der Waals surface area contributed by atoms with Gasteiger partial charge in [-0.2, -0.15) is 5.10 Å². The lowest BCUT2D eigenvalue weighted by Crippen LogP contribution is -2.37. The molecule has 1 unspecified atom stereocenters. The van der Waals surface area contributed by atoms with E-state index in [1.54, 1.807) is 25.1 Å². The molecule has 0 bridgehead atoms. The molecule has 0 aliphatic carbocycles. The Morgan fingerprint density at radius 2 is 1.82 bits per heavy atom. The minimum atomic E-state index is -0.503. The maximum atomic E-state index is 13.5. The van der Waals surface area contributed by atoms with Crippen LogP contribution >= 0.6 is 0 Å². The first-order chi connectivity index (χ1) is 13.7. The molecule has 0 N–H and O–H groups in total. The highest BCUT2D eigenvalue weighted by molar-refractivity contribution is 5.83. The first-order valence-corrected chi connectivity index (χ1v) is 9.21. The van der Waals surface area contributed by atoms with Crippen molar-refractivity contribution < 1.29 is 14.3 Å². The number of amides is 1. The third-order valence-corrected chi connectivity index (χ3v) is 4.65. The van der Waals surface area contributed by atoms with E-state index in [1.165, 1.54) is 0 Å². The molecule has 1 aromatic heterocycles. The van der Waals surface area contributed by atoms with Gasteiger partial charge in [0.1, 0.15) is 0 Å². The first-order valence-electron chi connectivity index (χ1n) is 9.21. The normalized spacial score (nSPS) is 11.7. The molecule has 146 valence electrons. The second kappa shape index (κ2) is 9.08. The van der Waals surface area contributed by atoms with Crippen LogP contribution in [0.3, 0.4) is 0 Å². The number of likely N-dealkylation sites (N-methyl/N-ethyl adjacent to an activating group) is 1. The van der Waals surface area contributed by atoms with E-state index in [2.05, 4.69) is 5.10 Å². The van der Waals surface area contributed by atoms with Crippen LogP contribution in [0.15, 0.2) is 67.0 Å². The lowest BCUT2D eigenvalue weighted by molar-refractivity contribution is -0.134. The van der Waals surface area contributed by atoms with E-state index in [9.17, 15) is 4.79 Å². The smallest absolute Gasteiger partial charge is 0.252 e. The average Bonchev–Trinajstić information content (AvgIpc) is 3.27. The fourth-order valence-corrected chi connectivity index (χ4v) is 3.20. The zero-order valence-corrected chi connectivity index (χ0v) is 16.4. The van der Waals surface area contributed by atoms with Crippen LogP contribution in [-0.2, 0) is 11.3 Å². The largest absolute Gasteiger partial charge is 0.493 e. The molecule has 1 heterocycles. The molecule has 0 fully saturated rings. The van der Waals surface area contributed by atoms with Gasteiger partial charge < -0.3 is 14.4 Å². The van der Waals surface area contributed by atoms with Crippen molar-refractivity contribution in [1.82, 2.24) is 14.7 Å². The number of hydrogen-bond donors (Lipinski definition) is 0. The van der Waals surface area contributed by atoms with E-state index in [1.807, 2.05) is 72.6 Å². The third-order valence-electron chi connectivity index (χ3n) is 4.65. The van der Waals surface area contributed by atoms with E-state index < -0.39 is 6.04 Å². The summed E-state index contributed by atoms with van der Waals surface area (Å²) in [5.41, 5.74) is 1.88. The highest BCUT2D eigenvalue weighted by Gasteiger charge is 2.27. The number of nitrogens with zero attached hydrogens (tertiary/aromatic N) is 3. The van der Waals surface area contributed by atoms with Crippen molar-refractivity contribution in [3.05, 3.63) is 78.1 Å². The Morgan fingerprint density at radius 3 is 2.43 bits per heavy atom. The second-order valence-electron chi connectivity index (χ2n) is 6.34. The van der Waals surface area contributed by atoms with Crippen molar-refractivity contribution in [3.63, 3.8) is 0 Å². The van der Waals surface area contributed by atoms with Crippen molar-refractivity contribution in [2.45, 2.75) is 19.5 Å². The van der Waals surface area contributed by atoms with Crippen LogP contribution in [0.5, 0.6) is 11.5 Å². The van der Waals surface area contributed by atoms with Gasteiger partial charge in [0, 0.05) is 25.5 Å². The molecule has 0 saturated heterocycles. The van der Waals surface area contributed by atoms with Gasteiger partial charge in [-0.1, -0.05) is 36.4 Å². The van der Waals surface area contributed by atoms with Gasteiger partial charge in [-0.05, 0) is 36.2 Å². The van der Waals surface area contributed by atoms with Crippen molar-refractivity contribution in [1.29, 1.82) is 0 Å². The maximum absolute atomic E-state index is 13.5. The highest BCUT2D eigenvalue weighted by atomic mass is 16.5. The number of aromatic nitrogens is 2. The van der Waals surface area contributed by atoms with Crippen molar-refractivity contribution >= 4 is 5.91 Å². The summed E-state index contributed by atoms with van der Waals surface area (Å²) < 4.78 is 12.4. The van der Waals surface area contributed by atoms with Gasteiger partial charge in [-0.3, -0.25) is 9.48 Å². The van der Waals surface area contributed by atoms with Gasteiger partial charge in [-0.15, -0.1) is 0 Å². The van der Waals surface area contributed by atoms with Crippen molar-refractivity contribution in [3.8, 4) is 11.5 Å². The lowest BCUT2D eigenvalue weighted by Gasteiger charge is -2.27. The zero-order chi connectivity index (χ0) is 19.9. The molecule has 1 atom stereocenters. The van der Waals surface area contributed by atoms with E-state index in [-0.39, 0.29) is 5.91 Å². The van der Waals surface area contributed by atoms with Crippen LogP contribution in [-0.4, -0.2) is 41.4 Å². The Bertz CT molecular complexity index is 895. The maximum Gasteiger partial charge on any atom is 0.252 e. The SMILES string of the molecule is CCN(Cc1ccc(OC)c(OC)c1)C(=O)C(c1ccccc1)n1cccn1. The summed E-state index contributed by atoms with van der Waals surface area (Å²) >= 11 is 0. The number of benzene rings is 2. The van der Waals surface area contributed by atoms with Crippen molar-refractivity contribution in [2.24, 2.45) is 0 Å². The Kier molecular flexibility index (Phi) is 6.32. The molecule has 28 heavy (non-hydrogen) atoms. The zero-order valence-electron chi connectivity index (χ0n) is 16.4. The highest BCUT2D eigenvalue weighted by Crippen LogP contribution is 2.29. The summed E-state index contributed by atoms with van der Waals surface area (Å²) in [7, 11) is 3.21. The monoisotopic (exact) mass is 379 g/mol. The number of carbonyl (C=O) groups is 1. The van der Waals surface area contributed by atoms with Crippen LogP contribution in [0.25, 0.3) is 0 Å². The third kappa shape index (κ3) is 4.17. The molecule has 1 amide bonds. The summed E-state index contributed by atoms with van der Waals surface area (Å²) in [4.78, 5) is 15.3. The molecule has 2 aromatic carbocycles. The molecule has 3 aromatic rings. The van der Waals surface area contributed by atoms with Crippen LogP contribution in [0, 0.1) is 0 Å². The van der Waals surface area contributed by atoms with E-state index >= 15 is 0 Å². The topological polar surface area (TPSA) is 56.6 Å². The molecular formula is C22H25N3O3. The summed E-state index contributed by atoms with van der Waals surface area (Å²) in [6.07, 6.45) is 3.51. The quantitative estimate of drug-likeness (QED) is 0.601. The average molecular weight is 379 g/mol. The van der Waals surface area contributed by atoms with Gasteiger partial charge in [0.15, 0.2) is 17.5 Å². The molecular weight excluding hydrogens is 354 g/mol. The van der Waals surface area contributed by atoms with Crippen molar-refractivity contribution in [2.75, 3.05) is 20.8 Å². The standard InChI is InChI=1S/C22H25N3O3/c1-4-24(16-17-11-12-19(27-2)20(15-17)28-3)22(26)21(25-14-8-13-23-25)18-9-6-5-7-10-18/h5-15,21H,4,16H2,1-3H3. The van der Waals surface area contributed by atoms with Crippen LogP contribution in [0.1, 0.15) is 24.1 Å². The number of ether oxygens (including phenoxy) is 2. The Morgan fingerprint density at radius 1 is 1.07 bits per heavy atom. The van der Waals surface area contributed by atoms with Gasteiger partial charge in [-0.25, -0.2) is 0 Å². The minimum absolute atomic E-state index is 0.00724. The molecule has 6 heteroatoms. The Labute approximate surface area is 165 Å². The minimum Gasteiger partial charge on any atom is -0.493 e. The number of methoxy groups -OCH3 is 2. The molecule has 0 aliphatic heterocycles. The van der Waals surface area contributed by atoms with Gasteiger partial charge in [0.25, 0.3) is 5.91 Å². The predicted octanol–water partition coefficient (Wildman–Crippen LogP) is 3.54. The van der Waals surface area contributed by atoms with Crippen LogP contribution < -0.4 is 9.47 Å². The lowest BCUT2D eigenvalue weighted by atomic mass is 10.1. The van der Waals surface area contributed by atoms with E-state index in [0.29, 0.717) is 24.6 Å². The Balaban J connectivity index is 1.89. The summed E-state index contributed by atoms with van der Waals surface area (Å²) in [5.74, 6) is 1.31. The number of carbonyl (C=O) groups excluding carboxylic acids is 1. The molecule has 3 rings (SSSR count). The van der Waals surface area contributed by atoms with E-state index in [4.69, 9.17) is 9.47 Å². The van der Waals surface area contributed by atoms with Gasteiger partial charge >= 0.3 is 0 Å². The van der Waals surface area contributed by atoms with Crippen LogP contribution in [0.4, 0.5) is 0 Å². The van der Waals surface area contributed by atoms with E-state index in [0.717, 1.165) is 11.1 Å². The van der Waals surface area contributed by atoms with Crippen LogP contribution in [0.2, 0.25) is 0 Å². The fraction of sp³-hybridized carbons (Fsp3) is 0.273. The van der Waals surface area contributed by atoms with Gasteiger partial charge in [0.2, 0.25) is 0 Å². The molecule has 6 nitrogen and oxygen atoms in total. The molecule has 0 radical (unpaired) electrons. The van der Waals surface area contributed by atoms with Gasteiger partial charge in [0.05, 0.1) is 14.2 Å². The summed E-state index contributed by atoms with van der Waals surface area (Å²) in [6.45, 7) is 3.03. The second-order valence-corrected chi connectivity index (χ2v) is 6.34. The number of rotatable bonds is 8. The fourth-order valence-electron chi connectivity index (χ4n) is 3.20. The molecule has 0 aliphatic rings. The molecule has 0 saturated carbocycles. The Hall–Kier alpha value is -3.28. The summed E-state index contributed by atoms with van der Waals surface area (Å²) in [5, 5.41) is 4.32.